The summed E-state index contributed by atoms with van der Waals surface area (Å²) in [7, 11) is 1.97. The summed E-state index contributed by atoms with van der Waals surface area (Å²) in [5, 5.41) is 4.17. The molecule has 1 aliphatic rings. The Morgan fingerprint density at radius 1 is 0.952 bits per heavy atom. The fourth-order valence-electron chi connectivity index (χ4n) is 5.83. The molecule has 4 heterocycles. The van der Waals surface area contributed by atoms with Crippen molar-refractivity contribution in [3.8, 4) is 16.8 Å². The van der Waals surface area contributed by atoms with Crippen molar-refractivity contribution in [3.63, 3.8) is 0 Å². The van der Waals surface area contributed by atoms with Gasteiger partial charge in [0, 0.05) is 57.0 Å². The molecule has 0 aliphatic carbocycles. The second-order valence-electron chi connectivity index (χ2n) is 12.0. The first-order chi connectivity index (χ1) is 19.7. The van der Waals surface area contributed by atoms with Crippen molar-refractivity contribution in [2.45, 2.75) is 32.6 Å². The first kappa shape index (κ1) is 28.1. The van der Waals surface area contributed by atoms with Crippen molar-refractivity contribution >= 4 is 37.6 Å². The third-order valence-corrected chi connectivity index (χ3v) is 9.63. The van der Waals surface area contributed by atoms with Crippen LogP contribution in [0.4, 0.5) is 14.5 Å². The number of fused-ring (bicyclic) bond motifs is 2. The summed E-state index contributed by atoms with van der Waals surface area (Å²) in [5.74, 6) is 0.680. The minimum absolute atomic E-state index is 0.00954. The van der Waals surface area contributed by atoms with Crippen molar-refractivity contribution in [3.05, 3.63) is 58.5 Å². The van der Waals surface area contributed by atoms with E-state index >= 15 is 0 Å². The van der Waals surface area contributed by atoms with Gasteiger partial charge in [-0.15, -0.1) is 0 Å². The van der Waals surface area contributed by atoms with Gasteiger partial charge >= 0.3 is 5.69 Å². The van der Waals surface area contributed by atoms with E-state index in [9.17, 15) is 22.0 Å². The highest BCUT2D eigenvalue weighted by Crippen LogP contribution is 2.39. The highest BCUT2D eigenvalue weighted by molar-refractivity contribution is 7.91. The normalized spacial score (nSPS) is 15.9. The average molecular weight is 598 g/mol. The molecule has 0 N–H and O–H groups in total. The Balaban J connectivity index is 1.67. The van der Waals surface area contributed by atoms with Crippen molar-refractivity contribution in [1.29, 1.82) is 0 Å². The molecule has 0 radical (unpaired) electrons. The van der Waals surface area contributed by atoms with E-state index in [4.69, 9.17) is 4.98 Å². The lowest BCUT2D eigenvalue weighted by Gasteiger charge is -2.30. The molecule has 1 fully saturated rings. The molecule has 0 unspecified atom stereocenters. The number of aromatic nitrogens is 6. The zero-order chi connectivity index (χ0) is 30.3. The lowest BCUT2D eigenvalue weighted by Crippen LogP contribution is -2.40. The predicted molar refractivity (Wildman–Crippen MR) is 160 cm³/mol. The second kappa shape index (κ2) is 9.51. The van der Waals surface area contributed by atoms with Crippen molar-refractivity contribution < 1.29 is 17.2 Å². The quantitative estimate of drug-likeness (QED) is 0.310. The number of hydrogen-bond donors (Lipinski definition) is 0. The monoisotopic (exact) mass is 597 g/mol. The number of halogens is 2. The minimum Gasteiger partial charge on any atom is -0.368 e. The second-order valence-corrected chi connectivity index (χ2v) is 14.3. The van der Waals surface area contributed by atoms with Crippen molar-refractivity contribution in [2.24, 2.45) is 21.1 Å². The molecule has 0 atom stereocenters. The van der Waals surface area contributed by atoms with Crippen LogP contribution in [0, 0.1) is 0 Å². The van der Waals surface area contributed by atoms with Crippen LogP contribution >= 0.6 is 0 Å². The molecule has 2 aromatic carbocycles. The first-order valence-electron chi connectivity index (χ1n) is 13.7. The average Bonchev–Trinajstić information content (AvgIpc) is 3.58. The number of alkyl halides is 2. The summed E-state index contributed by atoms with van der Waals surface area (Å²) in [4.78, 5) is 20.0. The molecule has 1 saturated heterocycles. The Hall–Kier alpha value is -4.00. The van der Waals surface area contributed by atoms with Crippen LogP contribution in [0.2, 0.25) is 0 Å². The van der Waals surface area contributed by atoms with Gasteiger partial charge in [0.1, 0.15) is 5.82 Å². The summed E-state index contributed by atoms with van der Waals surface area (Å²) >= 11 is 0. The maximum absolute atomic E-state index is 14.5. The van der Waals surface area contributed by atoms with Gasteiger partial charge < -0.3 is 4.90 Å². The number of benzene rings is 2. The van der Waals surface area contributed by atoms with Gasteiger partial charge in [0.15, 0.2) is 9.84 Å². The van der Waals surface area contributed by atoms with Crippen LogP contribution in [-0.2, 0) is 36.4 Å². The third kappa shape index (κ3) is 4.50. The molecular weight excluding hydrogens is 564 g/mol. The summed E-state index contributed by atoms with van der Waals surface area (Å²) in [5.41, 5.74) is 3.85. The molecule has 5 aromatic rings. The van der Waals surface area contributed by atoms with E-state index in [2.05, 4.69) is 5.10 Å². The molecule has 10 nitrogen and oxygen atoms in total. The number of anilines is 1. The van der Waals surface area contributed by atoms with Crippen LogP contribution in [0.5, 0.6) is 0 Å². The number of imidazole rings is 2. The van der Waals surface area contributed by atoms with Crippen LogP contribution < -0.4 is 10.6 Å². The zero-order valence-electron chi connectivity index (χ0n) is 24.4. The maximum Gasteiger partial charge on any atom is 0.328 e. The van der Waals surface area contributed by atoms with E-state index in [0.717, 1.165) is 0 Å². The maximum atomic E-state index is 14.5. The molecule has 222 valence electrons. The SMILES string of the molecule is Cn1cc(-c2cc3nc(C(C)(C)C)n(-c4cc(N5CCS(=O)(=O)CC5)c5c(c4)n(C)c(=O)n5C)c3cc2C(F)F)cn1. The fourth-order valence-corrected chi connectivity index (χ4v) is 7.03. The Morgan fingerprint density at radius 3 is 2.24 bits per heavy atom. The van der Waals surface area contributed by atoms with Crippen molar-refractivity contribution in [2.75, 3.05) is 29.5 Å². The van der Waals surface area contributed by atoms with Gasteiger partial charge in [-0.1, -0.05) is 20.8 Å². The molecule has 6 rings (SSSR count). The van der Waals surface area contributed by atoms with Gasteiger partial charge in [-0.25, -0.2) is 27.0 Å². The number of sulfone groups is 1. The Morgan fingerprint density at radius 2 is 1.64 bits per heavy atom. The van der Waals surface area contributed by atoms with Gasteiger partial charge in [-0.2, -0.15) is 5.10 Å². The Kier molecular flexibility index (Phi) is 6.37. The molecule has 3 aromatic heterocycles. The lowest BCUT2D eigenvalue weighted by atomic mass is 9.95. The number of rotatable bonds is 4. The van der Waals surface area contributed by atoms with E-state index < -0.39 is 21.7 Å². The number of aryl methyl sites for hydroxylation is 3. The predicted octanol–water partition coefficient (Wildman–Crippen LogP) is 4.09. The van der Waals surface area contributed by atoms with E-state index in [1.54, 1.807) is 53.4 Å². The molecule has 0 spiro atoms. The summed E-state index contributed by atoms with van der Waals surface area (Å²) in [6, 6.07) is 6.96. The molecule has 13 heteroatoms. The van der Waals surface area contributed by atoms with Gasteiger partial charge in [0.2, 0.25) is 0 Å². The van der Waals surface area contributed by atoms with Crippen LogP contribution in [-0.4, -0.2) is 61.5 Å². The van der Waals surface area contributed by atoms with Crippen LogP contribution in [0.15, 0.2) is 41.5 Å². The standard InChI is InChI=1S/C29H33F2N7O3S/c1-29(2,3)27-33-21-13-19(17-15-32-34(4)16-17)20(26(30)31)14-22(21)38(27)18-11-23-25(36(6)28(39)35(23)5)24(12-18)37-7-9-42(40,41)10-8-37/h11-16,26H,7-10H2,1-6H3. The number of hydrogen-bond acceptors (Lipinski definition) is 6. The minimum atomic E-state index is -3.14. The van der Waals surface area contributed by atoms with Gasteiger partial charge in [0.25, 0.3) is 6.43 Å². The van der Waals surface area contributed by atoms with Crippen LogP contribution in [0.1, 0.15) is 38.6 Å². The zero-order valence-corrected chi connectivity index (χ0v) is 25.2. The molecular formula is C29H33F2N7O3S. The van der Waals surface area contributed by atoms with Gasteiger partial charge in [-0.3, -0.25) is 18.4 Å². The molecule has 0 saturated carbocycles. The first-order valence-corrected chi connectivity index (χ1v) is 15.5. The fraction of sp³-hybridized carbons (Fsp3) is 0.414. The smallest absolute Gasteiger partial charge is 0.328 e. The topological polar surface area (TPSA) is 100.0 Å². The van der Waals surface area contributed by atoms with E-state index in [0.29, 0.717) is 50.4 Å². The van der Waals surface area contributed by atoms with E-state index in [1.165, 1.54) is 6.07 Å². The largest absolute Gasteiger partial charge is 0.368 e. The summed E-state index contributed by atoms with van der Waals surface area (Å²) in [6.45, 7) is 6.59. The van der Waals surface area contributed by atoms with E-state index in [-0.39, 0.29) is 35.8 Å². The highest BCUT2D eigenvalue weighted by Gasteiger charge is 2.29. The molecule has 42 heavy (non-hydrogen) atoms. The Bertz CT molecular complexity index is 2030. The third-order valence-electron chi connectivity index (χ3n) is 8.02. The van der Waals surface area contributed by atoms with Gasteiger partial charge in [0.05, 0.1) is 51.1 Å². The van der Waals surface area contributed by atoms with Crippen LogP contribution in [0.25, 0.3) is 38.9 Å². The molecule has 0 amide bonds. The molecule has 0 bridgehead atoms. The summed E-state index contributed by atoms with van der Waals surface area (Å²) in [6.07, 6.45) is 0.516. The molecule has 1 aliphatic heterocycles. The lowest BCUT2D eigenvalue weighted by molar-refractivity contribution is 0.152. The van der Waals surface area contributed by atoms with Crippen LogP contribution in [0.3, 0.4) is 0 Å². The van der Waals surface area contributed by atoms with Crippen molar-refractivity contribution in [1.82, 2.24) is 28.5 Å². The van der Waals surface area contributed by atoms with E-state index in [1.807, 2.05) is 42.4 Å². The number of nitrogens with zero attached hydrogens (tertiary/aromatic N) is 7. The van der Waals surface area contributed by atoms with Gasteiger partial charge in [-0.05, 0) is 29.8 Å². The Labute approximate surface area is 241 Å². The highest BCUT2D eigenvalue weighted by atomic mass is 32.2. The summed E-state index contributed by atoms with van der Waals surface area (Å²) < 4.78 is 60.1.